The second-order valence-corrected chi connectivity index (χ2v) is 5.92. The molecule has 5 nitrogen and oxygen atoms in total. The van der Waals surface area contributed by atoms with Crippen LogP contribution in [0.1, 0.15) is 36.2 Å². The van der Waals surface area contributed by atoms with Gasteiger partial charge in [-0.05, 0) is 48.2 Å². The summed E-state index contributed by atoms with van der Waals surface area (Å²) in [5, 5.41) is 30.8. The van der Waals surface area contributed by atoms with Crippen molar-refractivity contribution in [2.24, 2.45) is 0 Å². The van der Waals surface area contributed by atoms with Crippen molar-refractivity contribution in [1.82, 2.24) is 0 Å². The Bertz CT molecular complexity index is 628. The number of hydrogen-bond donors (Lipinski definition) is 2. The number of hydrogen-bond acceptors (Lipinski definition) is 4. The van der Waals surface area contributed by atoms with E-state index in [-0.39, 0.29) is 5.69 Å². The molecule has 0 saturated carbocycles. The number of nitro groups is 1. The molecule has 6 heteroatoms. The molecule has 2 aromatic rings. The summed E-state index contributed by atoms with van der Waals surface area (Å²) in [7, 11) is 0. The van der Waals surface area contributed by atoms with E-state index >= 15 is 0 Å². The van der Waals surface area contributed by atoms with E-state index in [2.05, 4.69) is 15.9 Å². The average molecular weight is 366 g/mol. The van der Waals surface area contributed by atoms with Crippen LogP contribution in [-0.2, 0) is 0 Å². The van der Waals surface area contributed by atoms with Gasteiger partial charge in [-0.2, -0.15) is 0 Å². The Kier molecular flexibility index (Phi) is 5.65. The Labute approximate surface area is 136 Å². The number of benzene rings is 2. The van der Waals surface area contributed by atoms with Crippen molar-refractivity contribution < 1.29 is 15.1 Å². The van der Waals surface area contributed by atoms with Crippen LogP contribution in [-0.4, -0.2) is 15.1 Å². The third-order valence-corrected chi connectivity index (χ3v) is 3.99. The van der Waals surface area contributed by atoms with E-state index in [0.29, 0.717) is 18.4 Å². The molecule has 0 saturated heterocycles. The predicted octanol–water partition coefficient (Wildman–Crippen LogP) is 3.90. The quantitative estimate of drug-likeness (QED) is 0.600. The van der Waals surface area contributed by atoms with Gasteiger partial charge in [0.05, 0.1) is 17.1 Å². The van der Waals surface area contributed by atoms with Crippen molar-refractivity contribution in [2.45, 2.75) is 25.0 Å². The summed E-state index contributed by atoms with van der Waals surface area (Å²) < 4.78 is 0.939. The fourth-order valence-electron chi connectivity index (χ4n) is 2.15. The SMILES string of the molecule is O=[N+]([O-])c1ccc(C(O)CCC(O)c2ccc(Br)cc2)cc1. The number of nitro benzene ring substituents is 1. The van der Waals surface area contributed by atoms with Crippen molar-refractivity contribution >= 4 is 21.6 Å². The van der Waals surface area contributed by atoms with Crippen LogP contribution < -0.4 is 0 Å². The number of non-ortho nitro benzene ring substituents is 1. The Morgan fingerprint density at radius 3 is 1.73 bits per heavy atom. The maximum absolute atomic E-state index is 10.6. The van der Waals surface area contributed by atoms with E-state index < -0.39 is 17.1 Å². The summed E-state index contributed by atoms with van der Waals surface area (Å²) in [6, 6.07) is 13.2. The van der Waals surface area contributed by atoms with Crippen molar-refractivity contribution in [3.63, 3.8) is 0 Å². The maximum Gasteiger partial charge on any atom is 0.269 e. The lowest BCUT2D eigenvalue weighted by molar-refractivity contribution is -0.384. The lowest BCUT2D eigenvalue weighted by atomic mass is 9.99. The predicted molar refractivity (Wildman–Crippen MR) is 86.4 cm³/mol. The second-order valence-electron chi connectivity index (χ2n) is 5.01. The molecule has 0 aliphatic heterocycles. The van der Waals surface area contributed by atoms with Gasteiger partial charge in [-0.1, -0.05) is 28.1 Å². The Hall–Kier alpha value is -1.76. The minimum absolute atomic E-state index is 0.00847. The van der Waals surface area contributed by atoms with E-state index in [1.807, 2.05) is 24.3 Å². The first-order valence-corrected chi connectivity index (χ1v) is 7.62. The van der Waals surface area contributed by atoms with Gasteiger partial charge in [-0.15, -0.1) is 0 Å². The first-order valence-electron chi connectivity index (χ1n) is 6.83. The number of halogens is 1. The highest BCUT2D eigenvalue weighted by Crippen LogP contribution is 2.26. The first kappa shape index (κ1) is 16.6. The van der Waals surface area contributed by atoms with Gasteiger partial charge in [0, 0.05) is 16.6 Å². The number of aliphatic hydroxyl groups excluding tert-OH is 2. The average Bonchev–Trinajstić information content (AvgIpc) is 2.53. The summed E-state index contributed by atoms with van der Waals surface area (Å²) in [5.41, 5.74) is 1.39. The molecule has 0 aliphatic carbocycles. The van der Waals surface area contributed by atoms with Gasteiger partial charge < -0.3 is 10.2 Å². The van der Waals surface area contributed by atoms with Crippen LogP contribution in [0.2, 0.25) is 0 Å². The van der Waals surface area contributed by atoms with Crippen LogP contribution in [0.3, 0.4) is 0 Å². The Morgan fingerprint density at radius 2 is 1.32 bits per heavy atom. The number of aliphatic hydroxyl groups is 2. The van der Waals surface area contributed by atoms with Gasteiger partial charge >= 0.3 is 0 Å². The van der Waals surface area contributed by atoms with Crippen LogP contribution in [0.25, 0.3) is 0 Å². The summed E-state index contributed by atoms with van der Waals surface area (Å²) in [6.45, 7) is 0. The lowest BCUT2D eigenvalue weighted by Crippen LogP contribution is -2.03. The molecule has 2 rings (SSSR count). The molecule has 0 heterocycles. The highest BCUT2D eigenvalue weighted by Gasteiger charge is 2.14. The first-order chi connectivity index (χ1) is 10.5. The van der Waals surface area contributed by atoms with Crippen molar-refractivity contribution in [3.05, 3.63) is 74.2 Å². The normalized spacial score (nSPS) is 13.6. The monoisotopic (exact) mass is 365 g/mol. The van der Waals surface area contributed by atoms with Gasteiger partial charge in [0.2, 0.25) is 0 Å². The number of rotatable bonds is 6. The van der Waals surface area contributed by atoms with Gasteiger partial charge in [0.25, 0.3) is 5.69 Å². The van der Waals surface area contributed by atoms with Crippen LogP contribution in [0.15, 0.2) is 53.0 Å². The molecule has 0 fully saturated rings. The summed E-state index contributed by atoms with van der Waals surface area (Å²) >= 11 is 3.33. The van der Waals surface area contributed by atoms with Crippen molar-refractivity contribution in [3.8, 4) is 0 Å². The summed E-state index contributed by atoms with van der Waals surface area (Å²) in [4.78, 5) is 10.1. The third kappa shape index (κ3) is 4.37. The molecule has 0 bridgehead atoms. The molecule has 0 radical (unpaired) electrons. The molecule has 116 valence electrons. The molecule has 2 unspecified atom stereocenters. The van der Waals surface area contributed by atoms with Crippen LogP contribution in [0, 0.1) is 10.1 Å². The van der Waals surface area contributed by atoms with Crippen LogP contribution in [0.5, 0.6) is 0 Å². The van der Waals surface area contributed by atoms with Gasteiger partial charge in [0.15, 0.2) is 0 Å². The Morgan fingerprint density at radius 1 is 0.909 bits per heavy atom. The molecule has 2 N–H and O–H groups in total. The van der Waals surface area contributed by atoms with E-state index in [9.17, 15) is 20.3 Å². The van der Waals surface area contributed by atoms with Gasteiger partial charge in [-0.3, -0.25) is 10.1 Å². The third-order valence-electron chi connectivity index (χ3n) is 3.46. The molecular weight excluding hydrogens is 350 g/mol. The van der Waals surface area contributed by atoms with E-state index in [1.54, 1.807) is 0 Å². The standard InChI is InChI=1S/C16H16BrNO4/c17-13-5-1-11(2-6-13)15(19)9-10-16(20)12-3-7-14(8-4-12)18(21)22/h1-8,15-16,19-20H,9-10H2. The topological polar surface area (TPSA) is 83.6 Å². The largest absolute Gasteiger partial charge is 0.388 e. The molecular formula is C16H16BrNO4. The molecule has 2 aromatic carbocycles. The second kappa shape index (κ2) is 7.49. The highest BCUT2D eigenvalue weighted by molar-refractivity contribution is 9.10. The lowest BCUT2D eigenvalue weighted by Gasteiger charge is -2.15. The van der Waals surface area contributed by atoms with Crippen molar-refractivity contribution in [2.75, 3.05) is 0 Å². The molecule has 0 aliphatic rings. The van der Waals surface area contributed by atoms with E-state index in [4.69, 9.17) is 0 Å². The molecule has 2 atom stereocenters. The zero-order valence-corrected chi connectivity index (χ0v) is 13.3. The maximum atomic E-state index is 10.6. The minimum atomic E-state index is -0.758. The van der Waals surface area contributed by atoms with E-state index in [1.165, 1.54) is 24.3 Å². The zero-order chi connectivity index (χ0) is 16.1. The fourth-order valence-corrected chi connectivity index (χ4v) is 2.42. The zero-order valence-electron chi connectivity index (χ0n) is 11.7. The molecule has 0 amide bonds. The molecule has 0 spiro atoms. The van der Waals surface area contributed by atoms with E-state index in [0.717, 1.165) is 10.0 Å². The van der Waals surface area contributed by atoms with Crippen LogP contribution in [0.4, 0.5) is 5.69 Å². The minimum Gasteiger partial charge on any atom is -0.388 e. The fraction of sp³-hybridized carbons (Fsp3) is 0.250. The van der Waals surface area contributed by atoms with Crippen LogP contribution >= 0.6 is 15.9 Å². The number of nitrogens with zero attached hydrogens (tertiary/aromatic N) is 1. The Balaban J connectivity index is 1.92. The van der Waals surface area contributed by atoms with Crippen molar-refractivity contribution in [1.29, 1.82) is 0 Å². The molecule has 0 aromatic heterocycles. The van der Waals surface area contributed by atoms with Gasteiger partial charge in [0.1, 0.15) is 0 Å². The van der Waals surface area contributed by atoms with Gasteiger partial charge in [-0.25, -0.2) is 0 Å². The highest BCUT2D eigenvalue weighted by atomic mass is 79.9. The summed E-state index contributed by atoms with van der Waals surface area (Å²) in [6.07, 6.45) is -0.638. The molecule has 22 heavy (non-hydrogen) atoms. The smallest absolute Gasteiger partial charge is 0.269 e. The summed E-state index contributed by atoms with van der Waals surface area (Å²) in [5.74, 6) is 0.